The monoisotopic (exact) mass is 342 g/mol. The predicted molar refractivity (Wildman–Crippen MR) is 96.0 cm³/mol. The zero-order valence-corrected chi connectivity index (χ0v) is 14.5. The maximum Gasteiger partial charge on any atom is 0.255 e. The van der Waals surface area contributed by atoms with Crippen LogP contribution in [-0.4, -0.2) is 57.5 Å². The summed E-state index contributed by atoms with van der Waals surface area (Å²) in [6, 6.07) is 12.0. The van der Waals surface area contributed by atoms with Gasteiger partial charge >= 0.3 is 0 Å². The molecule has 2 heterocycles. The molecule has 6 heteroatoms. The SMILES string of the molecule is O=C1N(CCc2ccccc2)CCC[C@@]1(O)CNCCn1cccn1. The molecule has 1 amide bonds. The van der Waals surface area contributed by atoms with Gasteiger partial charge in [0.05, 0.1) is 6.54 Å². The van der Waals surface area contributed by atoms with Crippen molar-refractivity contribution >= 4 is 5.91 Å². The Labute approximate surface area is 148 Å². The summed E-state index contributed by atoms with van der Waals surface area (Å²) in [4.78, 5) is 14.5. The van der Waals surface area contributed by atoms with Gasteiger partial charge in [0.1, 0.15) is 0 Å². The van der Waals surface area contributed by atoms with Crippen LogP contribution >= 0.6 is 0 Å². The third-order valence-corrected chi connectivity index (χ3v) is 4.71. The third kappa shape index (κ3) is 4.67. The number of carbonyl (C=O) groups excluding carboxylic acids is 1. The predicted octanol–water partition coefficient (Wildman–Crippen LogP) is 1.07. The molecule has 1 fully saturated rings. The Morgan fingerprint density at radius 3 is 2.80 bits per heavy atom. The van der Waals surface area contributed by atoms with Crippen molar-refractivity contribution in [2.24, 2.45) is 0 Å². The number of nitrogens with zero attached hydrogens (tertiary/aromatic N) is 3. The second-order valence-electron chi connectivity index (χ2n) is 6.61. The van der Waals surface area contributed by atoms with E-state index in [1.54, 1.807) is 11.1 Å². The van der Waals surface area contributed by atoms with Gasteiger partial charge in [-0.3, -0.25) is 9.48 Å². The summed E-state index contributed by atoms with van der Waals surface area (Å²) in [6.07, 6.45) is 5.80. The molecule has 1 aromatic heterocycles. The van der Waals surface area contributed by atoms with Crippen LogP contribution < -0.4 is 5.32 Å². The van der Waals surface area contributed by atoms with E-state index >= 15 is 0 Å². The largest absolute Gasteiger partial charge is 0.379 e. The molecule has 1 aliphatic heterocycles. The maximum atomic E-state index is 12.7. The van der Waals surface area contributed by atoms with E-state index in [1.165, 1.54) is 5.56 Å². The van der Waals surface area contributed by atoms with Crippen molar-refractivity contribution in [1.82, 2.24) is 20.0 Å². The number of nitrogens with one attached hydrogen (secondary N) is 1. The van der Waals surface area contributed by atoms with Crippen LogP contribution in [0.25, 0.3) is 0 Å². The summed E-state index contributed by atoms with van der Waals surface area (Å²) < 4.78 is 1.83. The molecule has 1 aromatic carbocycles. The van der Waals surface area contributed by atoms with Crippen LogP contribution in [0.2, 0.25) is 0 Å². The first-order chi connectivity index (χ1) is 12.2. The van der Waals surface area contributed by atoms with Crippen LogP contribution in [-0.2, 0) is 17.8 Å². The Kier molecular flexibility index (Phi) is 5.83. The number of rotatable bonds is 8. The minimum atomic E-state index is -1.29. The van der Waals surface area contributed by atoms with Crippen LogP contribution in [0.1, 0.15) is 18.4 Å². The number of hydrogen-bond acceptors (Lipinski definition) is 4. The average Bonchev–Trinajstić information content (AvgIpc) is 3.15. The minimum absolute atomic E-state index is 0.152. The lowest BCUT2D eigenvalue weighted by Crippen LogP contribution is -2.58. The van der Waals surface area contributed by atoms with E-state index in [4.69, 9.17) is 0 Å². The smallest absolute Gasteiger partial charge is 0.255 e. The molecule has 6 nitrogen and oxygen atoms in total. The topological polar surface area (TPSA) is 70.4 Å². The Hall–Kier alpha value is -2.18. The second-order valence-corrected chi connectivity index (χ2v) is 6.61. The molecular formula is C19H26N4O2. The van der Waals surface area contributed by atoms with Crippen molar-refractivity contribution in [3.05, 3.63) is 54.4 Å². The third-order valence-electron chi connectivity index (χ3n) is 4.71. The van der Waals surface area contributed by atoms with E-state index in [2.05, 4.69) is 22.5 Å². The van der Waals surface area contributed by atoms with Crippen LogP contribution in [0.3, 0.4) is 0 Å². The van der Waals surface area contributed by atoms with Crippen LogP contribution in [0.4, 0.5) is 0 Å². The molecule has 134 valence electrons. The van der Waals surface area contributed by atoms with E-state index in [0.29, 0.717) is 19.5 Å². The fourth-order valence-corrected chi connectivity index (χ4v) is 3.27. The molecule has 0 saturated carbocycles. The van der Waals surface area contributed by atoms with E-state index < -0.39 is 5.60 Å². The molecule has 3 rings (SSSR count). The highest BCUT2D eigenvalue weighted by molar-refractivity contribution is 5.86. The molecule has 0 aliphatic carbocycles. The Morgan fingerprint density at radius 1 is 1.20 bits per heavy atom. The quantitative estimate of drug-likeness (QED) is 0.704. The van der Waals surface area contributed by atoms with E-state index in [0.717, 1.165) is 25.9 Å². The normalized spacial score (nSPS) is 20.8. The van der Waals surface area contributed by atoms with Gasteiger partial charge in [0, 0.05) is 38.6 Å². The van der Waals surface area contributed by atoms with Gasteiger partial charge in [0.2, 0.25) is 0 Å². The van der Waals surface area contributed by atoms with Crippen molar-refractivity contribution in [2.75, 3.05) is 26.2 Å². The summed E-state index contributed by atoms with van der Waals surface area (Å²) in [5, 5.41) is 18.1. The lowest BCUT2D eigenvalue weighted by molar-refractivity contribution is -0.156. The first kappa shape index (κ1) is 17.6. The first-order valence-corrected chi connectivity index (χ1v) is 8.91. The number of aliphatic hydroxyl groups is 1. The van der Waals surface area contributed by atoms with Gasteiger partial charge < -0.3 is 15.3 Å². The number of carbonyl (C=O) groups is 1. The van der Waals surface area contributed by atoms with Crippen molar-refractivity contribution in [1.29, 1.82) is 0 Å². The number of amides is 1. The van der Waals surface area contributed by atoms with E-state index in [9.17, 15) is 9.90 Å². The number of aromatic nitrogens is 2. The van der Waals surface area contributed by atoms with Crippen LogP contribution in [0.15, 0.2) is 48.8 Å². The summed E-state index contributed by atoms with van der Waals surface area (Å²) in [5.74, 6) is -0.152. The number of likely N-dealkylation sites (tertiary alicyclic amines) is 1. The van der Waals surface area contributed by atoms with Crippen molar-refractivity contribution in [3.8, 4) is 0 Å². The lowest BCUT2D eigenvalue weighted by Gasteiger charge is -2.38. The molecule has 0 spiro atoms. The van der Waals surface area contributed by atoms with Gasteiger partial charge in [-0.25, -0.2) is 0 Å². The highest BCUT2D eigenvalue weighted by Crippen LogP contribution is 2.22. The van der Waals surface area contributed by atoms with Gasteiger partial charge in [-0.2, -0.15) is 5.10 Å². The number of hydrogen-bond donors (Lipinski definition) is 2. The van der Waals surface area contributed by atoms with Gasteiger partial charge in [-0.1, -0.05) is 30.3 Å². The minimum Gasteiger partial charge on any atom is -0.379 e. The molecule has 1 aliphatic rings. The molecule has 1 saturated heterocycles. The Balaban J connectivity index is 1.47. The Morgan fingerprint density at radius 2 is 2.04 bits per heavy atom. The summed E-state index contributed by atoms with van der Waals surface area (Å²) in [6.45, 7) is 3.05. The zero-order valence-electron chi connectivity index (χ0n) is 14.5. The number of benzene rings is 1. The second kappa shape index (κ2) is 8.27. The maximum absolute atomic E-state index is 12.7. The number of piperidine rings is 1. The molecule has 2 aromatic rings. The standard InChI is InChI=1S/C19H26N4O2/c24-18-19(25,16-20-11-15-23-13-5-10-21-23)9-4-12-22(18)14-8-17-6-2-1-3-7-17/h1-3,5-7,10,13,20,25H,4,8-9,11-12,14-16H2/t19-/m1/s1. The molecule has 25 heavy (non-hydrogen) atoms. The average molecular weight is 342 g/mol. The van der Waals surface area contributed by atoms with Gasteiger partial charge in [-0.15, -0.1) is 0 Å². The fourth-order valence-electron chi connectivity index (χ4n) is 3.27. The van der Waals surface area contributed by atoms with Gasteiger partial charge in [0.25, 0.3) is 5.91 Å². The summed E-state index contributed by atoms with van der Waals surface area (Å²) in [7, 11) is 0. The summed E-state index contributed by atoms with van der Waals surface area (Å²) in [5.41, 5.74) is -0.0826. The molecule has 1 atom stereocenters. The lowest BCUT2D eigenvalue weighted by atomic mass is 9.91. The molecule has 2 N–H and O–H groups in total. The zero-order chi connectivity index (χ0) is 17.5. The highest BCUT2D eigenvalue weighted by Gasteiger charge is 2.41. The van der Waals surface area contributed by atoms with Crippen LogP contribution in [0, 0.1) is 0 Å². The molecule has 0 bridgehead atoms. The van der Waals surface area contributed by atoms with Gasteiger partial charge in [-0.05, 0) is 30.9 Å². The Bertz CT molecular complexity index is 659. The van der Waals surface area contributed by atoms with Crippen LogP contribution in [0.5, 0.6) is 0 Å². The highest BCUT2D eigenvalue weighted by atomic mass is 16.3. The van der Waals surface area contributed by atoms with Crippen molar-refractivity contribution < 1.29 is 9.90 Å². The van der Waals surface area contributed by atoms with E-state index in [-0.39, 0.29) is 12.5 Å². The van der Waals surface area contributed by atoms with Crippen molar-refractivity contribution in [3.63, 3.8) is 0 Å². The van der Waals surface area contributed by atoms with Crippen molar-refractivity contribution in [2.45, 2.75) is 31.4 Å². The van der Waals surface area contributed by atoms with E-state index in [1.807, 2.05) is 35.1 Å². The molecule has 0 radical (unpaired) electrons. The molecular weight excluding hydrogens is 316 g/mol. The molecule has 0 unspecified atom stereocenters. The van der Waals surface area contributed by atoms with Gasteiger partial charge in [0.15, 0.2) is 5.60 Å². The fraction of sp³-hybridized carbons (Fsp3) is 0.474. The summed E-state index contributed by atoms with van der Waals surface area (Å²) >= 11 is 0. The first-order valence-electron chi connectivity index (χ1n) is 8.91.